The van der Waals surface area contributed by atoms with Crippen LogP contribution in [0.2, 0.25) is 0 Å². The van der Waals surface area contributed by atoms with Gasteiger partial charge in [0, 0.05) is 6.61 Å². The van der Waals surface area contributed by atoms with Crippen LogP contribution in [0.1, 0.15) is 6.42 Å². The van der Waals surface area contributed by atoms with Gasteiger partial charge in [-0.05, 0) is 6.42 Å². The van der Waals surface area contributed by atoms with E-state index in [0.717, 1.165) is 6.42 Å². The van der Waals surface area contributed by atoms with Gasteiger partial charge in [-0.15, -0.1) is 0 Å². The molecule has 2 aliphatic rings. The van der Waals surface area contributed by atoms with Crippen LogP contribution in [0.5, 0.6) is 0 Å². The molecule has 0 saturated carbocycles. The Morgan fingerprint density at radius 3 is 2.83 bits per heavy atom. The quantitative estimate of drug-likeness (QED) is 0.544. The molecule has 0 aliphatic carbocycles. The van der Waals surface area contributed by atoms with Gasteiger partial charge in [-0.3, -0.25) is 9.63 Å². The first-order valence-corrected chi connectivity index (χ1v) is 4.08. The highest BCUT2D eigenvalue weighted by atomic mass is 16.7. The van der Waals surface area contributed by atoms with Crippen molar-refractivity contribution in [2.45, 2.75) is 18.5 Å². The van der Waals surface area contributed by atoms with Crippen molar-refractivity contribution in [2.75, 3.05) is 19.8 Å². The fourth-order valence-corrected chi connectivity index (χ4v) is 1.45. The van der Waals surface area contributed by atoms with Crippen molar-refractivity contribution >= 4 is 5.91 Å². The number of hydrogen-bond acceptors (Lipinski definition) is 4. The number of carbonyl (C=O) groups is 1. The third kappa shape index (κ3) is 1.20. The predicted molar refractivity (Wildman–Crippen MR) is 40.0 cm³/mol. The van der Waals surface area contributed by atoms with Crippen molar-refractivity contribution in [2.24, 2.45) is 5.73 Å². The largest absolute Gasteiger partial charge is 0.379 e. The third-order valence-electron chi connectivity index (χ3n) is 2.16. The second kappa shape index (κ2) is 3.01. The molecule has 5 nitrogen and oxygen atoms in total. The van der Waals surface area contributed by atoms with Gasteiger partial charge < -0.3 is 10.5 Å². The van der Waals surface area contributed by atoms with Crippen LogP contribution >= 0.6 is 0 Å². The standard InChI is InChI=1S/C7H12N2O3/c8-6-4-12-9(7(6)10)5-1-2-11-3-5/h5-6H,1-4,8H2. The summed E-state index contributed by atoms with van der Waals surface area (Å²) in [5.74, 6) is -0.120. The second-order valence-electron chi connectivity index (χ2n) is 3.08. The first-order chi connectivity index (χ1) is 5.79. The highest BCUT2D eigenvalue weighted by Gasteiger charge is 2.36. The molecule has 0 bridgehead atoms. The van der Waals surface area contributed by atoms with Crippen LogP contribution in [0, 0.1) is 0 Å². The summed E-state index contributed by atoms with van der Waals surface area (Å²) in [6.07, 6.45) is 0.846. The number of ether oxygens (including phenoxy) is 1. The summed E-state index contributed by atoms with van der Waals surface area (Å²) in [5.41, 5.74) is 5.48. The van der Waals surface area contributed by atoms with Crippen LogP contribution in [-0.4, -0.2) is 42.9 Å². The van der Waals surface area contributed by atoms with Gasteiger partial charge in [0.25, 0.3) is 5.91 Å². The maximum Gasteiger partial charge on any atom is 0.265 e. The lowest BCUT2D eigenvalue weighted by molar-refractivity contribution is -0.173. The molecule has 2 atom stereocenters. The predicted octanol–water partition coefficient (Wildman–Crippen LogP) is -1.12. The van der Waals surface area contributed by atoms with E-state index in [1.807, 2.05) is 0 Å². The van der Waals surface area contributed by atoms with Crippen molar-refractivity contribution in [3.8, 4) is 0 Å². The molecular formula is C7H12N2O3. The van der Waals surface area contributed by atoms with E-state index >= 15 is 0 Å². The van der Waals surface area contributed by atoms with Gasteiger partial charge >= 0.3 is 0 Å². The van der Waals surface area contributed by atoms with Crippen LogP contribution < -0.4 is 5.73 Å². The van der Waals surface area contributed by atoms with Crippen molar-refractivity contribution < 1.29 is 14.4 Å². The Morgan fingerprint density at radius 1 is 1.50 bits per heavy atom. The van der Waals surface area contributed by atoms with Gasteiger partial charge in [-0.25, -0.2) is 5.06 Å². The van der Waals surface area contributed by atoms with Gasteiger partial charge in [0.15, 0.2) is 0 Å². The highest BCUT2D eigenvalue weighted by Crippen LogP contribution is 2.17. The van der Waals surface area contributed by atoms with Crippen LogP contribution in [0.25, 0.3) is 0 Å². The number of carbonyl (C=O) groups excluding carboxylic acids is 1. The molecule has 0 aromatic heterocycles. The van der Waals surface area contributed by atoms with Crippen LogP contribution in [-0.2, 0) is 14.4 Å². The number of rotatable bonds is 1. The third-order valence-corrected chi connectivity index (χ3v) is 2.16. The summed E-state index contributed by atoms with van der Waals surface area (Å²) in [4.78, 5) is 16.5. The van der Waals surface area contributed by atoms with Gasteiger partial charge in [0.2, 0.25) is 0 Å². The lowest BCUT2D eigenvalue weighted by atomic mass is 10.2. The van der Waals surface area contributed by atoms with Crippen LogP contribution in [0.3, 0.4) is 0 Å². The van der Waals surface area contributed by atoms with Crippen LogP contribution in [0.15, 0.2) is 0 Å². The Morgan fingerprint density at radius 2 is 2.33 bits per heavy atom. The molecule has 2 unspecified atom stereocenters. The molecular weight excluding hydrogens is 160 g/mol. The van der Waals surface area contributed by atoms with Gasteiger partial charge in [-0.1, -0.05) is 0 Å². The van der Waals surface area contributed by atoms with Crippen molar-refractivity contribution in [3.63, 3.8) is 0 Å². The van der Waals surface area contributed by atoms with Gasteiger partial charge in [0.1, 0.15) is 6.04 Å². The molecule has 2 N–H and O–H groups in total. The zero-order valence-corrected chi connectivity index (χ0v) is 6.73. The van der Waals surface area contributed by atoms with E-state index in [4.69, 9.17) is 15.3 Å². The van der Waals surface area contributed by atoms with Crippen molar-refractivity contribution in [3.05, 3.63) is 0 Å². The summed E-state index contributed by atoms with van der Waals surface area (Å²) in [6.45, 7) is 1.57. The maximum atomic E-state index is 11.3. The summed E-state index contributed by atoms with van der Waals surface area (Å²) >= 11 is 0. The smallest absolute Gasteiger partial charge is 0.265 e. The second-order valence-corrected chi connectivity index (χ2v) is 3.08. The summed E-state index contributed by atoms with van der Waals surface area (Å²) in [6, 6.07) is -0.406. The number of amides is 1. The van der Waals surface area contributed by atoms with Gasteiger partial charge in [-0.2, -0.15) is 0 Å². The molecule has 2 aliphatic heterocycles. The Labute approximate surface area is 70.4 Å². The molecule has 68 valence electrons. The average Bonchev–Trinajstić information content (AvgIpc) is 2.64. The fraction of sp³-hybridized carbons (Fsp3) is 0.857. The molecule has 12 heavy (non-hydrogen) atoms. The van der Waals surface area contributed by atoms with Gasteiger partial charge in [0.05, 0.1) is 19.3 Å². The lowest BCUT2D eigenvalue weighted by Gasteiger charge is -2.19. The zero-order valence-electron chi connectivity index (χ0n) is 6.73. The number of hydrogen-bond donors (Lipinski definition) is 1. The lowest BCUT2D eigenvalue weighted by Crippen LogP contribution is -2.40. The molecule has 2 heterocycles. The normalized spacial score (nSPS) is 36.4. The fourth-order valence-electron chi connectivity index (χ4n) is 1.45. The van der Waals surface area contributed by atoms with E-state index in [1.165, 1.54) is 5.06 Å². The molecule has 0 aromatic carbocycles. The van der Waals surface area contributed by atoms with E-state index < -0.39 is 6.04 Å². The van der Waals surface area contributed by atoms with Crippen LogP contribution in [0.4, 0.5) is 0 Å². The van der Waals surface area contributed by atoms with E-state index in [1.54, 1.807) is 0 Å². The molecule has 5 heteroatoms. The molecule has 0 aromatic rings. The number of hydroxylamine groups is 2. The Bertz CT molecular complexity index is 191. The van der Waals surface area contributed by atoms with E-state index in [2.05, 4.69) is 0 Å². The Kier molecular flexibility index (Phi) is 2.00. The zero-order chi connectivity index (χ0) is 8.55. The first-order valence-electron chi connectivity index (χ1n) is 4.08. The van der Waals surface area contributed by atoms with E-state index in [9.17, 15) is 4.79 Å². The molecule has 1 amide bonds. The number of nitrogens with zero attached hydrogens (tertiary/aromatic N) is 1. The minimum absolute atomic E-state index is 0.0750. The molecule has 0 spiro atoms. The topological polar surface area (TPSA) is 64.8 Å². The molecule has 2 rings (SSSR count). The first kappa shape index (κ1) is 7.97. The number of nitrogens with two attached hydrogens (primary N) is 1. The highest BCUT2D eigenvalue weighted by molar-refractivity contribution is 5.82. The Hall–Kier alpha value is -0.650. The SMILES string of the molecule is NC1CON(C2CCOC2)C1=O. The summed E-state index contributed by atoms with van der Waals surface area (Å²) < 4.78 is 5.14. The summed E-state index contributed by atoms with van der Waals surface area (Å²) in [7, 11) is 0. The molecule has 2 saturated heterocycles. The average molecular weight is 172 g/mol. The van der Waals surface area contributed by atoms with E-state index in [-0.39, 0.29) is 11.9 Å². The monoisotopic (exact) mass is 172 g/mol. The molecule has 2 fully saturated rings. The van der Waals surface area contributed by atoms with Crippen molar-refractivity contribution in [1.29, 1.82) is 0 Å². The Balaban J connectivity index is 1.99. The van der Waals surface area contributed by atoms with Crippen molar-refractivity contribution in [1.82, 2.24) is 5.06 Å². The molecule has 0 radical (unpaired) electrons. The summed E-state index contributed by atoms with van der Waals surface area (Å²) in [5, 5.41) is 1.37. The maximum absolute atomic E-state index is 11.3. The van der Waals surface area contributed by atoms with E-state index in [0.29, 0.717) is 19.8 Å². The minimum atomic E-state index is -0.481. The minimum Gasteiger partial charge on any atom is -0.379 e.